The van der Waals surface area contributed by atoms with Crippen LogP contribution < -0.4 is 9.47 Å². The average molecular weight is 444 g/mol. The van der Waals surface area contributed by atoms with Crippen molar-refractivity contribution in [2.24, 2.45) is 0 Å². The summed E-state index contributed by atoms with van der Waals surface area (Å²) in [4.78, 5) is 33.3. The van der Waals surface area contributed by atoms with Gasteiger partial charge < -0.3 is 29.6 Å². The SMILES string of the molecule is Cc1nc2c([nH]1)CN(CC1(O)CCCN(C(=O)c3ccc4c(c3)OCO4)C1)CC2.O=CO. The molecule has 1 saturated heterocycles. The average Bonchev–Trinajstić information content (AvgIpc) is 3.38. The lowest BCUT2D eigenvalue weighted by Gasteiger charge is -2.42. The van der Waals surface area contributed by atoms with Crippen LogP contribution in [0.5, 0.6) is 11.5 Å². The molecule has 3 aliphatic heterocycles. The van der Waals surface area contributed by atoms with Crippen molar-refractivity contribution in [2.75, 3.05) is 33.0 Å². The van der Waals surface area contributed by atoms with E-state index in [4.69, 9.17) is 19.4 Å². The molecule has 0 aliphatic carbocycles. The minimum atomic E-state index is -0.906. The number of carbonyl (C=O) groups is 2. The van der Waals surface area contributed by atoms with Gasteiger partial charge in [-0.15, -0.1) is 0 Å². The number of aryl methyl sites for hydroxylation is 1. The third-order valence-electron chi connectivity index (χ3n) is 6.01. The second-order valence-corrected chi connectivity index (χ2v) is 8.44. The van der Waals surface area contributed by atoms with Gasteiger partial charge >= 0.3 is 0 Å². The molecule has 0 spiro atoms. The number of hydrogen-bond acceptors (Lipinski definition) is 7. The summed E-state index contributed by atoms with van der Waals surface area (Å²) < 4.78 is 10.7. The monoisotopic (exact) mass is 444 g/mol. The number of ether oxygens (including phenoxy) is 2. The Bertz CT molecular complexity index is 993. The van der Waals surface area contributed by atoms with Crippen molar-refractivity contribution in [1.82, 2.24) is 19.8 Å². The number of nitrogens with zero attached hydrogens (tertiary/aromatic N) is 3. The Balaban J connectivity index is 0.000000775. The molecule has 1 aromatic carbocycles. The first-order chi connectivity index (χ1) is 15.4. The van der Waals surface area contributed by atoms with E-state index in [2.05, 4.69) is 14.9 Å². The van der Waals surface area contributed by atoms with Crippen molar-refractivity contribution in [3.05, 3.63) is 41.0 Å². The number of carboxylic acid groups (broad SMARTS) is 1. The van der Waals surface area contributed by atoms with Gasteiger partial charge in [0.1, 0.15) is 5.82 Å². The molecule has 10 heteroatoms. The van der Waals surface area contributed by atoms with E-state index in [1.807, 2.05) is 6.92 Å². The number of H-pyrrole nitrogens is 1. The van der Waals surface area contributed by atoms with Crippen LogP contribution >= 0.6 is 0 Å². The van der Waals surface area contributed by atoms with Gasteiger partial charge in [-0.25, -0.2) is 4.98 Å². The molecule has 10 nitrogen and oxygen atoms in total. The summed E-state index contributed by atoms with van der Waals surface area (Å²) in [7, 11) is 0. The maximum Gasteiger partial charge on any atom is 0.290 e. The highest BCUT2D eigenvalue weighted by molar-refractivity contribution is 5.95. The third-order valence-corrected chi connectivity index (χ3v) is 6.01. The Morgan fingerprint density at radius 3 is 2.91 bits per heavy atom. The number of aliphatic hydroxyl groups is 1. The molecule has 3 N–H and O–H groups in total. The molecular weight excluding hydrogens is 416 g/mol. The van der Waals surface area contributed by atoms with Gasteiger partial charge in [0.25, 0.3) is 12.4 Å². The number of rotatable bonds is 3. The summed E-state index contributed by atoms with van der Waals surface area (Å²) >= 11 is 0. The van der Waals surface area contributed by atoms with Crippen LogP contribution in [0.3, 0.4) is 0 Å². The van der Waals surface area contributed by atoms with Crippen LogP contribution in [0.25, 0.3) is 0 Å². The van der Waals surface area contributed by atoms with E-state index in [0.29, 0.717) is 43.1 Å². The van der Waals surface area contributed by atoms with Crippen molar-refractivity contribution in [3.8, 4) is 11.5 Å². The normalized spacial score (nSPS) is 22.0. The molecule has 1 amide bonds. The van der Waals surface area contributed by atoms with Gasteiger partial charge in [0, 0.05) is 38.2 Å². The predicted molar refractivity (Wildman–Crippen MR) is 114 cm³/mol. The van der Waals surface area contributed by atoms with E-state index in [1.165, 1.54) is 0 Å². The van der Waals surface area contributed by atoms with E-state index in [0.717, 1.165) is 43.1 Å². The van der Waals surface area contributed by atoms with Gasteiger partial charge in [-0.05, 0) is 38.0 Å². The summed E-state index contributed by atoms with van der Waals surface area (Å²) in [6.45, 7) is 5.08. The van der Waals surface area contributed by atoms with Gasteiger partial charge in [-0.1, -0.05) is 0 Å². The molecular formula is C22H28N4O6. The largest absolute Gasteiger partial charge is 0.483 e. The molecule has 5 rings (SSSR count). The fraction of sp³-hybridized carbons (Fsp3) is 0.500. The molecule has 172 valence electrons. The van der Waals surface area contributed by atoms with Gasteiger partial charge in [0.2, 0.25) is 6.79 Å². The Hall–Kier alpha value is -3.11. The number of benzene rings is 1. The van der Waals surface area contributed by atoms with Crippen LogP contribution in [0.4, 0.5) is 0 Å². The Morgan fingerprint density at radius 1 is 1.31 bits per heavy atom. The number of carbonyl (C=O) groups excluding carboxylic acids is 1. The Morgan fingerprint density at radius 2 is 2.09 bits per heavy atom. The maximum atomic E-state index is 13.0. The summed E-state index contributed by atoms with van der Waals surface area (Å²) in [6, 6.07) is 5.25. The molecule has 4 heterocycles. The Labute approximate surface area is 185 Å². The number of aromatic amines is 1. The molecule has 2 aromatic rings. The van der Waals surface area contributed by atoms with Gasteiger partial charge in [0.05, 0.1) is 23.5 Å². The van der Waals surface area contributed by atoms with Crippen LogP contribution in [0, 0.1) is 6.92 Å². The fourth-order valence-electron chi connectivity index (χ4n) is 4.67. The third kappa shape index (κ3) is 4.71. The first-order valence-electron chi connectivity index (χ1n) is 10.7. The Kier molecular flexibility index (Phi) is 6.33. The summed E-state index contributed by atoms with van der Waals surface area (Å²) in [5.74, 6) is 2.12. The molecule has 1 fully saturated rings. The topological polar surface area (TPSA) is 128 Å². The van der Waals surface area contributed by atoms with Gasteiger partial charge in [0.15, 0.2) is 11.5 Å². The first kappa shape index (κ1) is 22.1. The van der Waals surface area contributed by atoms with E-state index in [9.17, 15) is 9.90 Å². The first-order valence-corrected chi connectivity index (χ1v) is 10.7. The zero-order chi connectivity index (χ0) is 22.7. The number of hydrogen-bond donors (Lipinski definition) is 3. The quantitative estimate of drug-likeness (QED) is 0.602. The van der Waals surface area contributed by atoms with Crippen LogP contribution in [-0.2, 0) is 17.8 Å². The van der Waals surface area contributed by atoms with E-state index >= 15 is 0 Å². The minimum absolute atomic E-state index is 0.0773. The zero-order valence-electron chi connectivity index (χ0n) is 18.0. The molecule has 1 atom stereocenters. The summed E-state index contributed by atoms with van der Waals surface area (Å²) in [5.41, 5.74) is 1.93. The predicted octanol–water partition coefficient (Wildman–Crippen LogP) is 1.17. The van der Waals surface area contributed by atoms with Crippen molar-refractivity contribution >= 4 is 12.4 Å². The lowest BCUT2D eigenvalue weighted by molar-refractivity contribution is -0.122. The molecule has 1 aromatic heterocycles. The highest BCUT2D eigenvalue weighted by atomic mass is 16.7. The molecule has 0 bridgehead atoms. The lowest BCUT2D eigenvalue weighted by Crippen LogP contribution is -2.56. The molecule has 0 saturated carbocycles. The number of fused-ring (bicyclic) bond motifs is 2. The van der Waals surface area contributed by atoms with Crippen LogP contribution in [0.15, 0.2) is 18.2 Å². The number of likely N-dealkylation sites (tertiary alicyclic amines) is 1. The lowest BCUT2D eigenvalue weighted by atomic mass is 9.91. The standard InChI is InChI=1S/C21H26N4O4.CH2O2/c1-14-22-16-5-8-24(10-17(16)23-14)11-21(27)6-2-7-25(12-21)20(26)15-3-4-18-19(9-15)29-13-28-18;2-1-3/h3-4,9,27H,2,5-8,10-13H2,1H3,(H,22,23);1H,(H,2,3). The van der Waals surface area contributed by atoms with Crippen LogP contribution in [0.1, 0.15) is 40.4 Å². The van der Waals surface area contributed by atoms with Crippen molar-refractivity contribution < 1.29 is 29.3 Å². The zero-order valence-corrected chi connectivity index (χ0v) is 18.0. The van der Waals surface area contributed by atoms with E-state index in [-0.39, 0.29) is 19.2 Å². The van der Waals surface area contributed by atoms with E-state index < -0.39 is 5.60 Å². The van der Waals surface area contributed by atoms with Crippen LogP contribution in [0.2, 0.25) is 0 Å². The second-order valence-electron chi connectivity index (χ2n) is 8.44. The highest BCUT2D eigenvalue weighted by Gasteiger charge is 2.38. The molecule has 3 aliphatic rings. The van der Waals surface area contributed by atoms with Crippen molar-refractivity contribution in [3.63, 3.8) is 0 Å². The smallest absolute Gasteiger partial charge is 0.290 e. The van der Waals surface area contributed by atoms with Crippen molar-refractivity contribution in [1.29, 1.82) is 0 Å². The van der Waals surface area contributed by atoms with Crippen molar-refractivity contribution in [2.45, 2.75) is 38.3 Å². The fourth-order valence-corrected chi connectivity index (χ4v) is 4.67. The van der Waals surface area contributed by atoms with E-state index in [1.54, 1.807) is 23.1 Å². The number of aromatic nitrogens is 2. The highest BCUT2D eigenvalue weighted by Crippen LogP contribution is 2.33. The maximum absolute atomic E-state index is 13.0. The minimum Gasteiger partial charge on any atom is -0.483 e. The number of β-amino-alcohol motifs (C(OH)–C–C–N with tert-alkyl or cyclic N) is 1. The second kappa shape index (κ2) is 9.17. The summed E-state index contributed by atoms with van der Waals surface area (Å²) in [6.07, 6.45) is 2.37. The number of nitrogens with one attached hydrogen (secondary N) is 1. The molecule has 0 radical (unpaired) electrons. The van der Waals surface area contributed by atoms with Crippen LogP contribution in [-0.4, -0.2) is 80.9 Å². The van der Waals surface area contributed by atoms with Gasteiger partial charge in [-0.2, -0.15) is 0 Å². The molecule has 1 unspecified atom stereocenters. The molecule has 32 heavy (non-hydrogen) atoms. The number of amides is 1. The van der Waals surface area contributed by atoms with Gasteiger partial charge in [-0.3, -0.25) is 14.5 Å². The number of piperidine rings is 1. The number of imidazole rings is 1. The summed E-state index contributed by atoms with van der Waals surface area (Å²) in [5, 5.41) is 18.2.